The van der Waals surface area contributed by atoms with E-state index in [0.717, 1.165) is 42.1 Å². The number of urea groups is 1. The lowest BCUT2D eigenvalue weighted by Crippen LogP contribution is -2.46. The van der Waals surface area contributed by atoms with Crippen molar-refractivity contribution in [1.29, 1.82) is 0 Å². The third-order valence-electron chi connectivity index (χ3n) is 6.55. The average Bonchev–Trinajstić information content (AvgIpc) is 3.38. The summed E-state index contributed by atoms with van der Waals surface area (Å²) in [7, 11) is 0. The Morgan fingerprint density at radius 3 is 2.53 bits per heavy atom. The number of ether oxygens (including phenoxy) is 3. The maximum atomic E-state index is 12.7. The summed E-state index contributed by atoms with van der Waals surface area (Å²) in [6, 6.07) is 13.2. The molecule has 170 valence electrons. The van der Waals surface area contributed by atoms with Crippen molar-refractivity contribution in [2.24, 2.45) is 0 Å². The van der Waals surface area contributed by atoms with Crippen LogP contribution in [0.4, 0.5) is 15.3 Å². The highest BCUT2D eigenvalue weighted by atomic mass is 16.6. The smallest absolute Gasteiger partial charge is 0.407 e. The Kier molecular flexibility index (Phi) is 6.14. The van der Waals surface area contributed by atoms with Crippen LogP contribution in [0, 0.1) is 0 Å². The van der Waals surface area contributed by atoms with Crippen LogP contribution in [0.3, 0.4) is 0 Å². The van der Waals surface area contributed by atoms with E-state index >= 15 is 0 Å². The molecule has 3 amide bonds. The van der Waals surface area contributed by atoms with Crippen molar-refractivity contribution in [2.75, 3.05) is 18.5 Å². The second-order valence-corrected chi connectivity index (χ2v) is 8.75. The number of rotatable bonds is 4. The average molecular weight is 440 g/mol. The monoisotopic (exact) mass is 439 g/mol. The summed E-state index contributed by atoms with van der Waals surface area (Å²) in [6.07, 6.45) is 3.88. The van der Waals surface area contributed by atoms with Gasteiger partial charge in [-0.1, -0.05) is 55.7 Å². The van der Waals surface area contributed by atoms with E-state index in [4.69, 9.17) is 14.2 Å². The van der Waals surface area contributed by atoms with Crippen LogP contribution in [0.2, 0.25) is 0 Å². The number of alkyl carbamates (subject to hydrolysis) is 1. The number of amides is 3. The first-order chi connectivity index (χ1) is 15.7. The summed E-state index contributed by atoms with van der Waals surface area (Å²) >= 11 is 0. The van der Waals surface area contributed by atoms with Gasteiger partial charge in [0.1, 0.15) is 12.2 Å². The summed E-state index contributed by atoms with van der Waals surface area (Å²) < 4.78 is 17.3. The quantitative estimate of drug-likeness (QED) is 0.677. The fourth-order valence-electron chi connectivity index (χ4n) is 4.94. The number of fused-ring (bicyclic) bond motifs is 2. The number of anilines is 1. The standard InChI is InChI=1S/C24H29N3O5/c28-23(26-18-12-6-8-15-7-4-5-11-17(15)18)27-19-13-30-22-20(14-31-21(19)22)32-24(29)25-16-9-2-1-3-10-16/h4-8,11-12,16,19-22H,1-3,9-10,13-14H2,(H,25,29)(H2,26,27,28)/t19-,20-,21-,22+/m1/s1. The Morgan fingerprint density at radius 1 is 0.875 bits per heavy atom. The van der Waals surface area contributed by atoms with Crippen LogP contribution in [0.25, 0.3) is 10.8 Å². The minimum absolute atomic E-state index is 0.186. The lowest BCUT2D eigenvalue weighted by atomic mass is 9.96. The Morgan fingerprint density at radius 2 is 1.66 bits per heavy atom. The van der Waals surface area contributed by atoms with Crippen LogP contribution in [-0.4, -0.2) is 55.7 Å². The second kappa shape index (κ2) is 9.34. The molecule has 8 heteroatoms. The van der Waals surface area contributed by atoms with Crippen LogP contribution in [0.15, 0.2) is 42.5 Å². The summed E-state index contributed by atoms with van der Waals surface area (Å²) in [5.74, 6) is 0. The number of carbonyl (C=O) groups excluding carboxylic acids is 2. The van der Waals surface area contributed by atoms with E-state index in [1.807, 2.05) is 42.5 Å². The van der Waals surface area contributed by atoms with Gasteiger partial charge in [-0.25, -0.2) is 9.59 Å². The summed E-state index contributed by atoms with van der Waals surface area (Å²) in [5.41, 5.74) is 0.740. The van der Waals surface area contributed by atoms with Crippen LogP contribution < -0.4 is 16.0 Å². The first-order valence-corrected chi connectivity index (χ1v) is 11.4. The van der Waals surface area contributed by atoms with Crippen molar-refractivity contribution >= 4 is 28.6 Å². The number of benzene rings is 2. The Labute approximate surface area is 187 Å². The van der Waals surface area contributed by atoms with Crippen molar-refractivity contribution in [1.82, 2.24) is 10.6 Å². The van der Waals surface area contributed by atoms with Gasteiger partial charge in [0, 0.05) is 11.4 Å². The third-order valence-corrected chi connectivity index (χ3v) is 6.55. The molecule has 0 bridgehead atoms. The van der Waals surface area contributed by atoms with Crippen molar-refractivity contribution in [3.63, 3.8) is 0 Å². The molecule has 8 nitrogen and oxygen atoms in total. The van der Waals surface area contributed by atoms with Crippen LogP contribution in [0.1, 0.15) is 32.1 Å². The number of hydrogen-bond acceptors (Lipinski definition) is 5. The molecule has 2 heterocycles. The number of nitrogens with one attached hydrogen (secondary N) is 3. The van der Waals surface area contributed by atoms with Crippen molar-refractivity contribution in [3.8, 4) is 0 Å². The predicted molar refractivity (Wildman–Crippen MR) is 120 cm³/mol. The molecule has 1 aliphatic carbocycles. The van der Waals surface area contributed by atoms with Gasteiger partial charge in [0.05, 0.1) is 24.9 Å². The highest BCUT2D eigenvalue weighted by Crippen LogP contribution is 2.29. The molecule has 3 aliphatic rings. The molecule has 0 radical (unpaired) electrons. The minimum atomic E-state index is -0.475. The molecule has 4 atom stereocenters. The largest absolute Gasteiger partial charge is 0.441 e. The Bertz CT molecular complexity index is 972. The zero-order chi connectivity index (χ0) is 21.9. The lowest BCUT2D eigenvalue weighted by molar-refractivity contribution is 0.00271. The van der Waals surface area contributed by atoms with Gasteiger partial charge in [-0.15, -0.1) is 0 Å². The zero-order valence-corrected chi connectivity index (χ0v) is 17.9. The maximum Gasteiger partial charge on any atom is 0.407 e. The number of hydrogen-bond donors (Lipinski definition) is 3. The number of carbonyl (C=O) groups is 2. The zero-order valence-electron chi connectivity index (χ0n) is 17.9. The van der Waals surface area contributed by atoms with Gasteiger partial charge in [0.15, 0.2) is 6.10 Å². The van der Waals surface area contributed by atoms with Crippen molar-refractivity contribution in [2.45, 2.75) is 62.5 Å². The van der Waals surface area contributed by atoms with Gasteiger partial charge in [0.2, 0.25) is 0 Å². The molecule has 0 aromatic heterocycles. The van der Waals surface area contributed by atoms with Crippen molar-refractivity contribution < 1.29 is 23.8 Å². The van der Waals surface area contributed by atoms with E-state index in [-0.39, 0.29) is 36.9 Å². The molecule has 2 aromatic carbocycles. The van der Waals surface area contributed by atoms with E-state index < -0.39 is 12.2 Å². The van der Waals surface area contributed by atoms with Crippen LogP contribution >= 0.6 is 0 Å². The molecule has 3 N–H and O–H groups in total. The highest BCUT2D eigenvalue weighted by Gasteiger charge is 2.50. The van der Waals surface area contributed by atoms with E-state index in [1.165, 1.54) is 6.42 Å². The van der Waals surface area contributed by atoms with Crippen molar-refractivity contribution in [3.05, 3.63) is 42.5 Å². The molecular formula is C24H29N3O5. The third kappa shape index (κ3) is 4.52. The Balaban J connectivity index is 1.14. The first kappa shape index (κ1) is 21.0. The molecule has 0 spiro atoms. The fraction of sp³-hybridized carbons (Fsp3) is 0.500. The molecule has 2 saturated heterocycles. The summed E-state index contributed by atoms with van der Waals surface area (Å²) in [6.45, 7) is 0.568. The fourth-order valence-corrected chi connectivity index (χ4v) is 4.94. The van der Waals surface area contributed by atoms with Gasteiger partial charge in [-0.2, -0.15) is 0 Å². The molecule has 1 saturated carbocycles. The molecule has 5 rings (SSSR count). The van der Waals surface area contributed by atoms with E-state index in [2.05, 4.69) is 16.0 Å². The van der Waals surface area contributed by atoms with Gasteiger partial charge in [-0.05, 0) is 24.3 Å². The van der Waals surface area contributed by atoms with Crippen LogP contribution in [0.5, 0.6) is 0 Å². The second-order valence-electron chi connectivity index (χ2n) is 8.75. The summed E-state index contributed by atoms with van der Waals surface area (Å²) in [4.78, 5) is 25.0. The Hall–Kier alpha value is -2.84. The van der Waals surface area contributed by atoms with E-state index in [1.54, 1.807) is 0 Å². The van der Waals surface area contributed by atoms with Gasteiger partial charge in [0.25, 0.3) is 0 Å². The minimum Gasteiger partial charge on any atom is -0.441 e. The lowest BCUT2D eigenvalue weighted by Gasteiger charge is -2.24. The van der Waals surface area contributed by atoms with E-state index in [9.17, 15) is 9.59 Å². The molecule has 2 aliphatic heterocycles. The van der Waals surface area contributed by atoms with Crippen LogP contribution in [-0.2, 0) is 14.2 Å². The van der Waals surface area contributed by atoms with Gasteiger partial charge >= 0.3 is 12.1 Å². The topological polar surface area (TPSA) is 97.9 Å². The molecule has 32 heavy (non-hydrogen) atoms. The van der Waals surface area contributed by atoms with E-state index in [0.29, 0.717) is 6.61 Å². The first-order valence-electron chi connectivity index (χ1n) is 11.4. The molecular weight excluding hydrogens is 410 g/mol. The highest BCUT2D eigenvalue weighted by molar-refractivity contribution is 6.01. The normalized spacial score (nSPS) is 27.6. The van der Waals surface area contributed by atoms with Gasteiger partial charge < -0.3 is 30.2 Å². The predicted octanol–water partition coefficient (Wildman–Crippen LogP) is 3.56. The SMILES string of the molecule is O=C(Nc1cccc2ccccc12)N[C@@H]1CO[C@@H]2[C@@H]1OC[C@H]2OC(=O)NC1CCCCC1. The molecule has 0 unspecified atom stereocenters. The maximum absolute atomic E-state index is 12.7. The molecule has 3 fully saturated rings. The van der Waals surface area contributed by atoms with Gasteiger partial charge in [-0.3, -0.25) is 0 Å². The molecule has 2 aromatic rings. The summed E-state index contributed by atoms with van der Waals surface area (Å²) in [5, 5.41) is 10.9.